The summed E-state index contributed by atoms with van der Waals surface area (Å²) in [6.45, 7) is 4.86. The van der Waals surface area contributed by atoms with E-state index in [-0.39, 0.29) is 11.8 Å². The third kappa shape index (κ3) is 5.82. The molecule has 1 amide bonds. The van der Waals surface area contributed by atoms with Crippen molar-refractivity contribution in [3.05, 3.63) is 54.6 Å². The maximum absolute atomic E-state index is 13.0. The molecule has 0 heterocycles. The topological polar surface area (TPSA) is 53.3 Å². The number of amides is 1. The smallest absolute Gasteiger partial charge is 0.230 e. The Hall–Kier alpha value is -2.45. The summed E-state index contributed by atoms with van der Waals surface area (Å²) in [5.74, 6) is 1.36. The molecule has 2 rings (SSSR count). The standard InChI is InChI=1S/C21H24N2O2S/c1-3-25-19-12-10-18(11-13-19)23(15-7-14-22)21(24)17(2)16-26-20-8-5-4-6-9-20/h4-6,8-13,17H,3,7,15-16H2,1-2H3. The van der Waals surface area contributed by atoms with Crippen molar-refractivity contribution in [2.45, 2.75) is 25.2 Å². The van der Waals surface area contributed by atoms with Crippen LogP contribution in [-0.2, 0) is 4.79 Å². The van der Waals surface area contributed by atoms with Crippen molar-refractivity contribution in [2.24, 2.45) is 5.92 Å². The zero-order valence-corrected chi connectivity index (χ0v) is 16.0. The lowest BCUT2D eigenvalue weighted by atomic mass is 10.1. The van der Waals surface area contributed by atoms with E-state index < -0.39 is 0 Å². The van der Waals surface area contributed by atoms with Crippen LogP contribution in [-0.4, -0.2) is 24.8 Å². The van der Waals surface area contributed by atoms with Crippen molar-refractivity contribution in [3.63, 3.8) is 0 Å². The first-order valence-electron chi connectivity index (χ1n) is 8.74. The molecule has 0 saturated heterocycles. The Morgan fingerprint density at radius 3 is 2.50 bits per heavy atom. The fourth-order valence-corrected chi connectivity index (χ4v) is 3.43. The Kier molecular flexibility index (Phi) is 8.04. The van der Waals surface area contributed by atoms with Gasteiger partial charge in [0.25, 0.3) is 0 Å². The van der Waals surface area contributed by atoms with Crippen molar-refractivity contribution in [2.75, 3.05) is 23.8 Å². The quantitative estimate of drug-likeness (QED) is 0.599. The maximum Gasteiger partial charge on any atom is 0.230 e. The summed E-state index contributed by atoms with van der Waals surface area (Å²) < 4.78 is 5.46. The summed E-state index contributed by atoms with van der Waals surface area (Å²) in [4.78, 5) is 15.8. The van der Waals surface area contributed by atoms with Crippen LogP contribution in [0.15, 0.2) is 59.5 Å². The summed E-state index contributed by atoms with van der Waals surface area (Å²) >= 11 is 1.67. The Morgan fingerprint density at radius 1 is 1.19 bits per heavy atom. The van der Waals surface area contributed by atoms with Gasteiger partial charge in [0.1, 0.15) is 5.75 Å². The summed E-state index contributed by atoms with van der Waals surface area (Å²) in [6.07, 6.45) is 0.303. The molecule has 0 aliphatic heterocycles. The predicted molar refractivity (Wildman–Crippen MR) is 107 cm³/mol. The van der Waals surface area contributed by atoms with Gasteiger partial charge < -0.3 is 9.64 Å². The molecule has 26 heavy (non-hydrogen) atoms. The van der Waals surface area contributed by atoms with Gasteiger partial charge in [-0.15, -0.1) is 11.8 Å². The molecule has 0 N–H and O–H groups in total. The Bertz CT molecular complexity index is 726. The van der Waals surface area contributed by atoms with E-state index in [4.69, 9.17) is 10.00 Å². The van der Waals surface area contributed by atoms with Crippen molar-refractivity contribution in [3.8, 4) is 11.8 Å². The molecule has 2 aromatic rings. The van der Waals surface area contributed by atoms with E-state index in [0.717, 1.165) is 16.3 Å². The van der Waals surface area contributed by atoms with Gasteiger partial charge in [-0.3, -0.25) is 4.79 Å². The molecule has 0 spiro atoms. The van der Waals surface area contributed by atoms with Gasteiger partial charge in [-0.2, -0.15) is 5.26 Å². The Balaban J connectivity index is 2.06. The third-order valence-corrected chi connectivity index (χ3v) is 5.11. The zero-order valence-electron chi connectivity index (χ0n) is 15.2. The second-order valence-corrected chi connectivity index (χ2v) is 6.94. The highest BCUT2D eigenvalue weighted by Gasteiger charge is 2.22. The molecule has 1 unspecified atom stereocenters. The Labute approximate surface area is 159 Å². The summed E-state index contributed by atoms with van der Waals surface area (Å²) in [6, 6.07) is 19.6. The monoisotopic (exact) mass is 368 g/mol. The lowest BCUT2D eigenvalue weighted by Gasteiger charge is -2.25. The average Bonchev–Trinajstić information content (AvgIpc) is 2.68. The van der Waals surface area contributed by atoms with E-state index in [1.807, 2.05) is 68.4 Å². The van der Waals surface area contributed by atoms with E-state index in [2.05, 4.69) is 6.07 Å². The molecule has 1 atom stereocenters. The van der Waals surface area contributed by atoms with Gasteiger partial charge in [0, 0.05) is 28.8 Å². The molecule has 0 fully saturated rings. The second kappa shape index (κ2) is 10.5. The van der Waals surface area contributed by atoms with E-state index in [1.54, 1.807) is 16.7 Å². The van der Waals surface area contributed by atoms with Crippen molar-refractivity contribution in [1.82, 2.24) is 0 Å². The highest BCUT2D eigenvalue weighted by Crippen LogP contribution is 2.25. The van der Waals surface area contributed by atoms with Crippen LogP contribution in [0.25, 0.3) is 0 Å². The fourth-order valence-electron chi connectivity index (χ4n) is 2.49. The number of carbonyl (C=O) groups excluding carboxylic acids is 1. The van der Waals surface area contributed by atoms with Crippen LogP contribution >= 0.6 is 11.8 Å². The number of hydrogen-bond donors (Lipinski definition) is 0. The number of ether oxygens (including phenoxy) is 1. The predicted octanol–water partition coefficient (Wildman–Crippen LogP) is 4.76. The lowest BCUT2D eigenvalue weighted by Crippen LogP contribution is -2.36. The van der Waals surface area contributed by atoms with Crippen molar-refractivity contribution < 1.29 is 9.53 Å². The highest BCUT2D eigenvalue weighted by molar-refractivity contribution is 7.99. The van der Waals surface area contributed by atoms with Crippen LogP contribution in [0.4, 0.5) is 5.69 Å². The summed E-state index contributed by atoms with van der Waals surface area (Å²) in [5, 5.41) is 8.94. The SMILES string of the molecule is CCOc1ccc(N(CCC#N)C(=O)C(C)CSc2ccccc2)cc1. The number of anilines is 1. The van der Waals surface area contributed by atoms with Crippen molar-refractivity contribution in [1.29, 1.82) is 5.26 Å². The molecule has 0 bridgehead atoms. The maximum atomic E-state index is 13.0. The summed E-state index contributed by atoms with van der Waals surface area (Å²) in [7, 11) is 0. The van der Waals surface area contributed by atoms with Gasteiger partial charge in [-0.1, -0.05) is 25.1 Å². The number of carbonyl (C=O) groups is 1. The molecule has 0 radical (unpaired) electrons. The first kappa shape index (κ1) is 19.9. The van der Waals surface area contributed by atoms with Crippen LogP contribution in [0.5, 0.6) is 5.75 Å². The molecule has 0 aliphatic rings. The summed E-state index contributed by atoms with van der Waals surface area (Å²) in [5.41, 5.74) is 0.797. The molecule has 0 saturated carbocycles. The normalized spacial score (nSPS) is 11.4. The minimum atomic E-state index is -0.148. The number of rotatable bonds is 9. The fraction of sp³-hybridized carbons (Fsp3) is 0.333. The molecule has 136 valence electrons. The average molecular weight is 369 g/mol. The molecule has 5 heteroatoms. The van der Waals surface area contributed by atoms with Crippen LogP contribution in [0.2, 0.25) is 0 Å². The first-order chi connectivity index (χ1) is 12.7. The molecule has 4 nitrogen and oxygen atoms in total. The third-order valence-electron chi connectivity index (χ3n) is 3.84. The largest absolute Gasteiger partial charge is 0.494 e. The van der Waals surface area contributed by atoms with Crippen LogP contribution in [0, 0.1) is 17.2 Å². The number of nitrogens with zero attached hydrogens (tertiary/aromatic N) is 2. The van der Waals surface area contributed by atoms with Gasteiger partial charge in [0.2, 0.25) is 5.91 Å². The molecule has 0 aromatic heterocycles. The number of thioether (sulfide) groups is 1. The lowest BCUT2D eigenvalue weighted by molar-refractivity contribution is -0.121. The van der Waals surface area contributed by atoms with Gasteiger partial charge in [0.15, 0.2) is 0 Å². The minimum Gasteiger partial charge on any atom is -0.494 e. The molecule has 0 aliphatic carbocycles. The highest BCUT2D eigenvalue weighted by atomic mass is 32.2. The minimum absolute atomic E-state index is 0.0350. The van der Waals surface area contributed by atoms with Gasteiger partial charge in [0.05, 0.1) is 19.1 Å². The molecule has 2 aromatic carbocycles. The van der Waals surface area contributed by atoms with Crippen LogP contribution in [0.3, 0.4) is 0 Å². The van der Waals surface area contributed by atoms with Gasteiger partial charge >= 0.3 is 0 Å². The van der Waals surface area contributed by atoms with Gasteiger partial charge in [-0.25, -0.2) is 0 Å². The van der Waals surface area contributed by atoms with E-state index in [1.165, 1.54) is 0 Å². The first-order valence-corrected chi connectivity index (χ1v) is 9.73. The van der Waals surface area contributed by atoms with Crippen LogP contribution < -0.4 is 9.64 Å². The van der Waals surface area contributed by atoms with E-state index in [0.29, 0.717) is 25.3 Å². The zero-order chi connectivity index (χ0) is 18.8. The van der Waals surface area contributed by atoms with E-state index >= 15 is 0 Å². The Morgan fingerprint density at radius 2 is 1.88 bits per heavy atom. The van der Waals surface area contributed by atoms with Crippen LogP contribution in [0.1, 0.15) is 20.3 Å². The molecular formula is C21H24N2O2S. The van der Waals surface area contributed by atoms with E-state index in [9.17, 15) is 4.79 Å². The molecular weight excluding hydrogens is 344 g/mol. The number of benzene rings is 2. The number of nitriles is 1. The second-order valence-electron chi connectivity index (χ2n) is 5.85. The number of hydrogen-bond acceptors (Lipinski definition) is 4. The van der Waals surface area contributed by atoms with Gasteiger partial charge in [-0.05, 0) is 43.3 Å². The van der Waals surface area contributed by atoms with Crippen molar-refractivity contribution >= 4 is 23.4 Å².